The molecule has 2 rings (SSSR count). The molecule has 0 radical (unpaired) electrons. The molecule has 1 amide bonds. The van der Waals surface area contributed by atoms with Gasteiger partial charge in [0, 0.05) is 0 Å². The zero-order valence-electron chi connectivity index (χ0n) is 16.6. The van der Waals surface area contributed by atoms with Crippen molar-refractivity contribution in [3.63, 3.8) is 0 Å². The number of hydroxylamine groups is 1. The van der Waals surface area contributed by atoms with Gasteiger partial charge in [0.15, 0.2) is 11.5 Å². The first-order valence-electron chi connectivity index (χ1n) is 9.61. The Labute approximate surface area is 170 Å². The van der Waals surface area contributed by atoms with Crippen LogP contribution >= 0.6 is 0 Å². The van der Waals surface area contributed by atoms with E-state index in [1.165, 1.54) is 26.2 Å². The fourth-order valence-corrected chi connectivity index (χ4v) is 4.15. The molecule has 0 aliphatic heterocycles. The van der Waals surface area contributed by atoms with Gasteiger partial charge >= 0.3 is 5.97 Å². The van der Waals surface area contributed by atoms with Gasteiger partial charge in [-0.25, -0.2) is 17.9 Å². The fourth-order valence-electron chi connectivity index (χ4n) is 3.31. The molecule has 1 aromatic rings. The van der Waals surface area contributed by atoms with Gasteiger partial charge in [0.2, 0.25) is 10.0 Å². The van der Waals surface area contributed by atoms with Gasteiger partial charge in [-0.15, -0.1) is 0 Å². The fraction of sp³-hybridized carbons (Fsp3) is 0.579. The highest BCUT2D eigenvalue weighted by Crippen LogP contribution is 2.28. The van der Waals surface area contributed by atoms with Gasteiger partial charge in [0.25, 0.3) is 5.91 Å². The van der Waals surface area contributed by atoms with Crippen LogP contribution in [0.25, 0.3) is 0 Å². The number of carbonyl (C=O) groups excluding carboxylic acids is 2. The number of methoxy groups -OCH3 is 1. The first-order valence-corrected chi connectivity index (χ1v) is 11.3. The van der Waals surface area contributed by atoms with Crippen molar-refractivity contribution in [2.45, 2.75) is 51.5 Å². The predicted octanol–water partition coefficient (Wildman–Crippen LogP) is 1.41. The van der Waals surface area contributed by atoms with Crippen molar-refractivity contribution >= 4 is 21.9 Å². The summed E-state index contributed by atoms with van der Waals surface area (Å²) in [6.07, 6.45) is 4.19. The maximum atomic E-state index is 12.5. The predicted molar refractivity (Wildman–Crippen MR) is 106 cm³/mol. The van der Waals surface area contributed by atoms with Crippen molar-refractivity contribution < 1.29 is 32.7 Å². The topological polar surface area (TPSA) is 131 Å². The van der Waals surface area contributed by atoms with Gasteiger partial charge in [0.1, 0.15) is 6.04 Å². The molecule has 0 spiro atoms. The van der Waals surface area contributed by atoms with Crippen LogP contribution in [-0.2, 0) is 30.9 Å². The highest BCUT2D eigenvalue weighted by molar-refractivity contribution is 7.89. The first kappa shape index (κ1) is 23.0. The van der Waals surface area contributed by atoms with E-state index in [0.717, 1.165) is 19.3 Å². The molecule has 0 aromatic heterocycles. The SMILES string of the molecule is CCS(=O)(=O)NC(C(=O)ONC(=O)Cc1ccc(O)c(OC)c1)C1CCCCC1. The van der Waals surface area contributed by atoms with E-state index in [2.05, 4.69) is 10.2 Å². The molecule has 0 saturated heterocycles. The van der Waals surface area contributed by atoms with E-state index in [0.29, 0.717) is 18.4 Å². The molecule has 1 saturated carbocycles. The molecule has 0 heterocycles. The number of amides is 1. The summed E-state index contributed by atoms with van der Waals surface area (Å²) >= 11 is 0. The normalized spacial score (nSPS) is 16.1. The number of ether oxygens (including phenoxy) is 1. The zero-order chi connectivity index (χ0) is 21.4. The van der Waals surface area contributed by atoms with E-state index in [9.17, 15) is 23.1 Å². The number of phenolic OH excluding ortho intramolecular Hbond substituents is 1. The van der Waals surface area contributed by atoms with Gasteiger partial charge in [-0.2, -0.15) is 5.48 Å². The third-order valence-electron chi connectivity index (χ3n) is 4.94. The van der Waals surface area contributed by atoms with Gasteiger partial charge in [-0.05, 0) is 43.4 Å². The summed E-state index contributed by atoms with van der Waals surface area (Å²) in [5.74, 6) is -1.58. The average Bonchev–Trinajstić information content (AvgIpc) is 2.72. The highest BCUT2D eigenvalue weighted by Gasteiger charge is 2.34. The number of carbonyl (C=O) groups is 2. The highest BCUT2D eigenvalue weighted by atomic mass is 32.2. The third-order valence-corrected chi connectivity index (χ3v) is 6.31. The molecule has 0 bridgehead atoms. The second-order valence-corrected chi connectivity index (χ2v) is 9.07. The molecule has 3 N–H and O–H groups in total. The number of rotatable bonds is 8. The lowest BCUT2D eigenvalue weighted by molar-refractivity contribution is -0.161. The smallest absolute Gasteiger partial charge is 0.350 e. The Kier molecular flexibility index (Phi) is 8.27. The minimum Gasteiger partial charge on any atom is -0.504 e. The minimum atomic E-state index is -3.61. The van der Waals surface area contributed by atoms with Crippen molar-refractivity contribution in [3.05, 3.63) is 23.8 Å². The van der Waals surface area contributed by atoms with Crippen LogP contribution in [0.5, 0.6) is 11.5 Å². The summed E-state index contributed by atoms with van der Waals surface area (Å²) in [6, 6.07) is 3.40. The Morgan fingerprint density at radius 3 is 2.55 bits per heavy atom. The number of hydrogen-bond donors (Lipinski definition) is 3. The van der Waals surface area contributed by atoms with Crippen molar-refractivity contribution in [2.75, 3.05) is 12.9 Å². The molecule has 1 fully saturated rings. The monoisotopic (exact) mass is 428 g/mol. The van der Waals surface area contributed by atoms with Crippen molar-refractivity contribution in [3.8, 4) is 11.5 Å². The molecular weight excluding hydrogens is 400 g/mol. The average molecular weight is 429 g/mol. The summed E-state index contributed by atoms with van der Waals surface area (Å²) in [7, 11) is -2.22. The number of phenols is 1. The van der Waals surface area contributed by atoms with Crippen molar-refractivity contribution in [1.82, 2.24) is 10.2 Å². The second kappa shape index (κ2) is 10.4. The molecule has 1 aliphatic rings. The Balaban J connectivity index is 1.98. The van der Waals surface area contributed by atoms with Crippen LogP contribution in [0.1, 0.15) is 44.6 Å². The molecule has 1 atom stereocenters. The Bertz CT molecular complexity index is 820. The standard InChI is InChI=1S/C19H28N2O7S/c1-3-29(25,26)21-18(14-7-5-4-6-8-14)19(24)28-20-17(23)12-13-9-10-15(22)16(11-13)27-2/h9-11,14,18,21-22H,3-8,12H2,1-2H3,(H,20,23). The number of nitrogens with one attached hydrogen (secondary N) is 2. The van der Waals surface area contributed by atoms with E-state index in [1.54, 1.807) is 6.07 Å². The lowest BCUT2D eigenvalue weighted by Crippen LogP contribution is -2.49. The summed E-state index contributed by atoms with van der Waals surface area (Å²) in [5, 5.41) is 9.59. The summed E-state index contributed by atoms with van der Waals surface area (Å²) in [6.45, 7) is 1.49. The van der Waals surface area contributed by atoms with Gasteiger partial charge in [0.05, 0.1) is 19.3 Å². The van der Waals surface area contributed by atoms with Gasteiger partial charge in [-0.3, -0.25) is 4.79 Å². The molecule has 1 unspecified atom stereocenters. The largest absolute Gasteiger partial charge is 0.504 e. The maximum absolute atomic E-state index is 12.5. The maximum Gasteiger partial charge on any atom is 0.350 e. The molecule has 29 heavy (non-hydrogen) atoms. The van der Waals surface area contributed by atoms with Crippen LogP contribution in [0, 0.1) is 5.92 Å². The number of benzene rings is 1. The van der Waals surface area contributed by atoms with Crippen LogP contribution in [-0.4, -0.2) is 44.3 Å². The van der Waals surface area contributed by atoms with Crippen LogP contribution in [0.2, 0.25) is 0 Å². The number of hydrogen-bond acceptors (Lipinski definition) is 7. The molecule has 9 nitrogen and oxygen atoms in total. The molecular formula is C19H28N2O7S. The summed E-state index contributed by atoms with van der Waals surface area (Å²) in [5.41, 5.74) is 2.62. The lowest BCUT2D eigenvalue weighted by Gasteiger charge is -2.28. The minimum absolute atomic E-state index is 0.0541. The first-order chi connectivity index (χ1) is 13.8. The third kappa shape index (κ3) is 6.90. The lowest BCUT2D eigenvalue weighted by atomic mass is 9.84. The number of aromatic hydroxyl groups is 1. The van der Waals surface area contributed by atoms with E-state index < -0.39 is 27.9 Å². The quantitative estimate of drug-likeness (QED) is 0.534. The van der Waals surface area contributed by atoms with Crippen LogP contribution < -0.4 is 14.9 Å². The summed E-state index contributed by atoms with van der Waals surface area (Å²) < 4.78 is 31.4. The molecule has 1 aromatic carbocycles. The van der Waals surface area contributed by atoms with E-state index in [-0.39, 0.29) is 29.6 Å². The van der Waals surface area contributed by atoms with Gasteiger partial charge in [-0.1, -0.05) is 25.3 Å². The number of sulfonamides is 1. The van der Waals surface area contributed by atoms with Crippen molar-refractivity contribution in [2.24, 2.45) is 5.92 Å². The van der Waals surface area contributed by atoms with E-state index >= 15 is 0 Å². The molecule has 10 heteroatoms. The Morgan fingerprint density at radius 2 is 1.93 bits per heavy atom. The van der Waals surface area contributed by atoms with Crippen LogP contribution in [0.3, 0.4) is 0 Å². The molecule has 1 aliphatic carbocycles. The van der Waals surface area contributed by atoms with E-state index in [4.69, 9.17) is 9.57 Å². The molecule has 162 valence electrons. The second-order valence-electron chi connectivity index (χ2n) is 7.03. The Morgan fingerprint density at radius 1 is 1.24 bits per heavy atom. The van der Waals surface area contributed by atoms with E-state index in [1.807, 2.05) is 0 Å². The summed E-state index contributed by atoms with van der Waals surface area (Å²) in [4.78, 5) is 29.5. The van der Waals surface area contributed by atoms with Crippen molar-refractivity contribution in [1.29, 1.82) is 0 Å². The zero-order valence-corrected chi connectivity index (χ0v) is 17.5. The van der Waals surface area contributed by atoms with Crippen LogP contribution in [0.4, 0.5) is 0 Å². The Hall–Kier alpha value is -2.33. The van der Waals surface area contributed by atoms with Gasteiger partial charge < -0.3 is 14.7 Å². The van der Waals surface area contributed by atoms with Crippen LogP contribution in [0.15, 0.2) is 18.2 Å².